The topological polar surface area (TPSA) is 40.5 Å². The van der Waals surface area contributed by atoms with Gasteiger partial charge in [0.2, 0.25) is 0 Å². The van der Waals surface area contributed by atoms with Crippen molar-refractivity contribution in [2.75, 3.05) is 0 Å². The minimum Gasteiger partial charge on any atom is -0.508 e. The van der Waals surface area contributed by atoms with E-state index >= 15 is 0 Å². The number of aliphatic hydroxyl groups is 1. The molecule has 0 aromatic heterocycles. The van der Waals surface area contributed by atoms with Crippen LogP contribution in [0.25, 0.3) is 10.8 Å². The lowest BCUT2D eigenvalue weighted by Crippen LogP contribution is -2.01. The molecule has 0 bridgehead atoms. The Morgan fingerprint density at radius 1 is 1.12 bits per heavy atom. The van der Waals surface area contributed by atoms with E-state index in [9.17, 15) is 10.2 Å². The van der Waals surface area contributed by atoms with Crippen LogP contribution in [0.3, 0.4) is 0 Å². The van der Waals surface area contributed by atoms with Gasteiger partial charge in [0, 0.05) is 5.56 Å². The van der Waals surface area contributed by atoms with E-state index in [1.165, 1.54) is 0 Å². The molecule has 2 heteroatoms. The Kier molecular flexibility index (Phi) is 3.11. The zero-order valence-electron chi connectivity index (χ0n) is 9.35. The van der Waals surface area contributed by atoms with Crippen molar-refractivity contribution in [1.82, 2.24) is 0 Å². The van der Waals surface area contributed by atoms with E-state index in [0.717, 1.165) is 16.3 Å². The third-order valence-electron chi connectivity index (χ3n) is 2.83. The van der Waals surface area contributed by atoms with E-state index in [1.54, 1.807) is 13.0 Å². The summed E-state index contributed by atoms with van der Waals surface area (Å²) in [6.07, 6.45) is 1.03. The Balaban J connectivity index is 2.44. The molecule has 84 valence electrons. The van der Waals surface area contributed by atoms with E-state index in [-0.39, 0.29) is 6.10 Å². The number of hydrogen-bond donors (Lipinski definition) is 2. The molecule has 0 fully saturated rings. The molecule has 0 heterocycles. The second-order valence-corrected chi connectivity index (χ2v) is 4.17. The number of hydrogen-bond acceptors (Lipinski definition) is 2. The van der Waals surface area contributed by atoms with Gasteiger partial charge in [-0.05, 0) is 36.6 Å². The van der Waals surface area contributed by atoms with Crippen molar-refractivity contribution in [3.05, 3.63) is 42.0 Å². The van der Waals surface area contributed by atoms with Crippen molar-refractivity contribution in [2.45, 2.75) is 25.9 Å². The summed E-state index contributed by atoms with van der Waals surface area (Å²) in [7, 11) is 0. The SMILES string of the molecule is C[C@H](O)CCc1c(O)ccc2ccccc12. The average molecular weight is 216 g/mol. The second kappa shape index (κ2) is 4.54. The van der Waals surface area contributed by atoms with Crippen molar-refractivity contribution in [1.29, 1.82) is 0 Å². The average Bonchev–Trinajstić information content (AvgIpc) is 2.27. The molecule has 0 aliphatic heterocycles. The summed E-state index contributed by atoms with van der Waals surface area (Å²) in [6.45, 7) is 1.77. The highest BCUT2D eigenvalue weighted by atomic mass is 16.3. The van der Waals surface area contributed by atoms with Gasteiger partial charge >= 0.3 is 0 Å². The van der Waals surface area contributed by atoms with Crippen molar-refractivity contribution >= 4 is 10.8 Å². The highest BCUT2D eigenvalue weighted by Gasteiger charge is 2.07. The van der Waals surface area contributed by atoms with Gasteiger partial charge in [-0.2, -0.15) is 0 Å². The van der Waals surface area contributed by atoms with Gasteiger partial charge in [-0.25, -0.2) is 0 Å². The first-order valence-corrected chi connectivity index (χ1v) is 5.56. The van der Waals surface area contributed by atoms with Crippen LogP contribution in [0.1, 0.15) is 18.9 Å². The van der Waals surface area contributed by atoms with Crippen LogP contribution in [-0.2, 0) is 6.42 Å². The van der Waals surface area contributed by atoms with Crippen LogP contribution in [-0.4, -0.2) is 16.3 Å². The maximum atomic E-state index is 9.84. The fourth-order valence-electron chi connectivity index (χ4n) is 1.94. The minimum absolute atomic E-state index is 0.319. The standard InChI is InChI=1S/C14H16O2/c1-10(15)6-8-13-12-5-3-2-4-11(12)7-9-14(13)16/h2-5,7,9-10,15-16H,6,8H2,1H3/t10-/m0/s1. The Morgan fingerprint density at radius 2 is 1.88 bits per heavy atom. The lowest BCUT2D eigenvalue weighted by molar-refractivity contribution is 0.185. The van der Waals surface area contributed by atoms with Crippen molar-refractivity contribution < 1.29 is 10.2 Å². The quantitative estimate of drug-likeness (QED) is 0.828. The molecule has 2 rings (SSSR count). The molecule has 0 aliphatic rings. The number of aryl methyl sites for hydroxylation is 1. The fraction of sp³-hybridized carbons (Fsp3) is 0.286. The van der Waals surface area contributed by atoms with E-state index in [2.05, 4.69) is 0 Å². The Bertz CT molecular complexity index is 489. The molecule has 2 aromatic carbocycles. The largest absolute Gasteiger partial charge is 0.508 e. The summed E-state index contributed by atoms with van der Waals surface area (Å²) in [6, 6.07) is 11.6. The molecule has 0 aliphatic carbocycles. The molecule has 0 saturated heterocycles. The maximum Gasteiger partial charge on any atom is 0.119 e. The van der Waals surface area contributed by atoms with Crippen molar-refractivity contribution in [3.63, 3.8) is 0 Å². The van der Waals surface area contributed by atoms with Gasteiger partial charge in [-0.15, -0.1) is 0 Å². The summed E-state index contributed by atoms with van der Waals surface area (Å²) in [5.41, 5.74) is 0.930. The van der Waals surface area contributed by atoms with Gasteiger partial charge in [0.15, 0.2) is 0 Å². The first kappa shape index (κ1) is 11.0. The molecule has 2 N–H and O–H groups in total. The number of phenolic OH excluding ortho intramolecular Hbond substituents is 1. The highest BCUT2D eigenvalue weighted by Crippen LogP contribution is 2.28. The number of aromatic hydroxyl groups is 1. The number of benzene rings is 2. The number of rotatable bonds is 3. The number of phenols is 1. The van der Waals surface area contributed by atoms with E-state index in [4.69, 9.17) is 0 Å². The molecular formula is C14H16O2. The van der Waals surface area contributed by atoms with Crippen LogP contribution in [0.15, 0.2) is 36.4 Å². The molecule has 0 spiro atoms. The molecule has 1 atom stereocenters. The molecule has 0 radical (unpaired) electrons. The predicted molar refractivity (Wildman–Crippen MR) is 65.6 cm³/mol. The third kappa shape index (κ3) is 2.17. The molecule has 0 saturated carbocycles. The van der Waals surface area contributed by atoms with Gasteiger partial charge in [0.25, 0.3) is 0 Å². The Morgan fingerprint density at radius 3 is 2.62 bits per heavy atom. The van der Waals surface area contributed by atoms with E-state index < -0.39 is 0 Å². The van der Waals surface area contributed by atoms with Gasteiger partial charge in [-0.3, -0.25) is 0 Å². The van der Waals surface area contributed by atoms with E-state index in [0.29, 0.717) is 18.6 Å². The van der Waals surface area contributed by atoms with Gasteiger partial charge in [-0.1, -0.05) is 30.3 Å². The molecule has 0 amide bonds. The number of fused-ring (bicyclic) bond motifs is 1. The van der Waals surface area contributed by atoms with Gasteiger partial charge < -0.3 is 10.2 Å². The zero-order valence-corrected chi connectivity index (χ0v) is 9.35. The Labute approximate surface area is 95.2 Å². The van der Waals surface area contributed by atoms with Crippen LogP contribution in [0.5, 0.6) is 5.75 Å². The summed E-state index contributed by atoms with van der Waals surface area (Å²) in [5.74, 6) is 0.319. The monoisotopic (exact) mass is 216 g/mol. The van der Waals surface area contributed by atoms with E-state index in [1.807, 2.05) is 30.3 Å². The first-order valence-electron chi connectivity index (χ1n) is 5.56. The normalized spacial score (nSPS) is 12.9. The van der Waals surface area contributed by atoms with Gasteiger partial charge in [0.05, 0.1) is 6.10 Å². The van der Waals surface area contributed by atoms with Crippen molar-refractivity contribution in [3.8, 4) is 5.75 Å². The highest BCUT2D eigenvalue weighted by molar-refractivity contribution is 5.87. The summed E-state index contributed by atoms with van der Waals surface area (Å²) in [5, 5.41) is 21.3. The van der Waals surface area contributed by atoms with Crippen LogP contribution in [0.4, 0.5) is 0 Å². The summed E-state index contributed by atoms with van der Waals surface area (Å²) < 4.78 is 0. The minimum atomic E-state index is -0.335. The fourth-order valence-corrected chi connectivity index (χ4v) is 1.94. The number of aliphatic hydroxyl groups excluding tert-OH is 1. The lowest BCUT2D eigenvalue weighted by Gasteiger charge is -2.10. The second-order valence-electron chi connectivity index (χ2n) is 4.17. The van der Waals surface area contributed by atoms with Crippen LogP contribution >= 0.6 is 0 Å². The van der Waals surface area contributed by atoms with Crippen LogP contribution in [0.2, 0.25) is 0 Å². The van der Waals surface area contributed by atoms with Crippen LogP contribution < -0.4 is 0 Å². The first-order chi connectivity index (χ1) is 7.68. The van der Waals surface area contributed by atoms with Crippen molar-refractivity contribution in [2.24, 2.45) is 0 Å². The third-order valence-corrected chi connectivity index (χ3v) is 2.83. The molecule has 2 nitrogen and oxygen atoms in total. The smallest absolute Gasteiger partial charge is 0.119 e. The molecule has 0 unspecified atom stereocenters. The summed E-state index contributed by atoms with van der Waals surface area (Å²) >= 11 is 0. The maximum absolute atomic E-state index is 9.84. The summed E-state index contributed by atoms with van der Waals surface area (Å²) in [4.78, 5) is 0. The van der Waals surface area contributed by atoms with Crippen LogP contribution in [0, 0.1) is 0 Å². The predicted octanol–water partition coefficient (Wildman–Crippen LogP) is 2.86. The Hall–Kier alpha value is -1.54. The lowest BCUT2D eigenvalue weighted by atomic mass is 9.99. The molecule has 16 heavy (non-hydrogen) atoms. The molecule has 2 aromatic rings. The molecular weight excluding hydrogens is 200 g/mol. The van der Waals surface area contributed by atoms with Gasteiger partial charge in [0.1, 0.15) is 5.75 Å². The zero-order chi connectivity index (χ0) is 11.5.